The predicted molar refractivity (Wildman–Crippen MR) is 82.4 cm³/mol. The molecule has 21 heavy (non-hydrogen) atoms. The molecule has 1 aromatic carbocycles. The van der Waals surface area contributed by atoms with Crippen LogP contribution in [0.1, 0.15) is 12.0 Å². The van der Waals surface area contributed by atoms with Crippen molar-refractivity contribution in [3.8, 4) is 0 Å². The summed E-state index contributed by atoms with van der Waals surface area (Å²) in [6.07, 6.45) is 2.46. The third-order valence-electron chi connectivity index (χ3n) is 4.15. The summed E-state index contributed by atoms with van der Waals surface area (Å²) in [7, 11) is -3.51. The number of benzene rings is 1. The van der Waals surface area contributed by atoms with E-state index in [4.69, 9.17) is 5.73 Å². The highest BCUT2D eigenvalue weighted by molar-refractivity contribution is 7.89. The minimum atomic E-state index is -3.51. The second kappa shape index (κ2) is 5.36. The van der Waals surface area contributed by atoms with E-state index in [-0.39, 0.29) is 5.92 Å². The molecular weight excluding hydrogens is 286 g/mol. The van der Waals surface area contributed by atoms with Gasteiger partial charge in [0.2, 0.25) is 10.0 Å². The van der Waals surface area contributed by atoms with E-state index in [1.54, 1.807) is 12.3 Å². The van der Waals surface area contributed by atoms with Crippen LogP contribution >= 0.6 is 0 Å². The zero-order valence-corrected chi connectivity index (χ0v) is 12.8. The maximum absolute atomic E-state index is 12.9. The summed E-state index contributed by atoms with van der Waals surface area (Å²) < 4.78 is 27.3. The topological polar surface area (TPSA) is 76.3 Å². The molecule has 1 aliphatic heterocycles. The fourth-order valence-electron chi connectivity index (χ4n) is 2.84. The number of aryl methyl sites for hydroxylation is 1. The van der Waals surface area contributed by atoms with Crippen LogP contribution in [0.4, 0.5) is 0 Å². The molecule has 0 spiro atoms. The molecule has 0 saturated carbocycles. The Morgan fingerprint density at radius 1 is 1.38 bits per heavy atom. The second-order valence-electron chi connectivity index (χ2n) is 5.53. The molecule has 1 aromatic heterocycles. The van der Waals surface area contributed by atoms with Crippen molar-refractivity contribution in [1.29, 1.82) is 0 Å². The van der Waals surface area contributed by atoms with Gasteiger partial charge in [0.1, 0.15) is 4.90 Å². The van der Waals surface area contributed by atoms with Gasteiger partial charge in [-0.1, -0.05) is 12.1 Å². The lowest BCUT2D eigenvalue weighted by molar-refractivity contribution is 0.459. The molecule has 2 aromatic rings. The van der Waals surface area contributed by atoms with Crippen molar-refractivity contribution in [3.05, 3.63) is 36.0 Å². The van der Waals surface area contributed by atoms with Crippen molar-refractivity contribution < 1.29 is 8.42 Å². The van der Waals surface area contributed by atoms with Crippen LogP contribution in [-0.2, 0) is 10.0 Å². The lowest BCUT2D eigenvalue weighted by atomic mass is 10.1. The molecule has 1 saturated heterocycles. The molecule has 0 bridgehead atoms. The average Bonchev–Trinajstić information content (AvgIpc) is 2.97. The minimum Gasteiger partial charge on any atom is -0.330 e. The number of hydrogen-bond donors (Lipinski definition) is 1. The number of rotatable bonds is 3. The molecule has 3 rings (SSSR count). The summed E-state index contributed by atoms with van der Waals surface area (Å²) in [6.45, 7) is 3.52. The van der Waals surface area contributed by atoms with Crippen LogP contribution in [0.3, 0.4) is 0 Å². The van der Waals surface area contributed by atoms with Crippen molar-refractivity contribution >= 4 is 20.9 Å². The van der Waals surface area contributed by atoms with Crippen LogP contribution < -0.4 is 5.73 Å². The van der Waals surface area contributed by atoms with Crippen LogP contribution in [0.5, 0.6) is 0 Å². The van der Waals surface area contributed by atoms with E-state index in [1.165, 1.54) is 4.31 Å². The molecule has 1 unspecified atom stereocenters. The Labute approximate surface area is 124 Å². The standard InChI is InChI=1S/C15H19N3O2S/c1-11-4-5-14(15-13(11)3-2-7-17-15)21(19,20)18-8-6-12(9-16)10-18/h2-5,7,12H,6,8-10,16H2,1H3. The molecule has 2 N–H and O–H groups in total. The highest BCUT2D eigenvalue weighted by Crippen LogP contribution is 2.29. The Morgan fingerprint density at radius 2 is 2.19 bits per heavy atom. The monoisotopic (exact) mass is 305 g/mol. The van der Waals surface area contributed by atoms with Gasteiger partial charge in [0, 0.05) is 24.7 Å². The Bertz CT molecular complexity index is 774. The molecule has 0 amide bonds. The fourth-order valence-corrected chi connectivity index (χ4v) is 4.52. The van der Waals surface area contributed by atoms with Gasteiger partial charge in [-0.25, -0.2) is 8.42 Å². The third kappa shape index (κ3) is 2.43. The Morgan fingerprint density at radius 3 is 2.90 bits per heavy atom. The quantitative estimate of drug-likeness (QED) is 0.932. The van der Waals surface area contributed by atoms with Gasteiger partial charge in [-0.2, -0.15) is 4.31 Å². The highest BCUT2D eigenvalue weighted by atomic mass is 32.2. The lowest BCUT2D eigenvalue weighted by Gasteiger charge is -2.17. The first-order chi connectivity index (χ1) is 10.0. The SMILES string of the molecule is Cc1ccc(S(=O)(=O)N2CCC(CN)C2)c2ncccc12. The average molecular weight is 305 g/mol. The van der Waals surface area contributed by atoms with Crippen LogP contribution in [0.25, 0.3) is 10.9 Å². The van der Waals surface area contributed by atoms with Crippen LogP contribution in [-0.4, -0.2) is 37.3 Å². The Hall–Kier alpha value is -1.50. The van der Waals surface area contributed by atoms with Gasteiger partial charge in [-0.05, 0) is 43.5 Å². The Kier molecular flexibility index (Phi) is 3.69. The first kappa shape index (κ1) is 14.4. The number of fused-ring (bicyclic) bond motifs is 1. The number of sulfonamides is 1. The summed E-state index contributed by atoms with van der Waals surface area (Å²) in [6, 6.07) is 7.23. The minimum absolute atomic E-state index is 0.254. The molecule has 1 atom stereocenters. The summed E-state index contributed by atoms with van der Waals surface area (Å²) >= 11 is 0. The molecule has 112 valence electrons. The summed E-state index contributed by atoms with van der Waals surface area (Å²) in [5.74, 6) is 0.254. The van der Waals surface area contributed by atoms with Gasteiger partial charge >= 0.3 is 0 Å². The van der Waals surface area contributed by atoms with Crippen LogP contribution in [0.15, 0.2) is 35.4 Å². The number of nitrogens with two attached hydrogens (primary N) is 1. The largest absolute Gasteiger partial charge is 0.330 e. The van der Waals surface area contributed by atoms with Crippen molar-refractivity contribution in [1.82, 2.24) is 9.29 Å². The number of hydrogen-bond acceptors (Lipinski definition) is 4. The van der Waals surface area contributed by atoms with E-state index in [0.717, 1.165) is 17.4 Å². The van der Waals surface area contributed by atoms with Gasteiger partial charge < -0.3 is 5.73 Å². The fraction of sp³-hybridized carbons (Fsp3) is 0.400. The number of nitrogens with zero attached hydrogens (tertiary/aromatic N) is 2. The van der Waals surface area contributed by atoms with Crippen molar-refractivity contribution in [2.24, 2.45) is 11.7 Å². The first-order valence-electron chi connectivity index (χ1n) is 7.08. The maximum atomic E-state index is 12.9. The zero-order valence-electron chi connectivity index (χ0n) is 12.0. The van der Waals surface area contributed by atoms with Gasteiger partial charge in [0.05, 0.1) is 5.52 Å². The summed E-state index contributed by atoms with van der Waals surface area (Å²) in [5.41, 5.74) is 7.23. The first-order valence-corrected chi connectivity index (χ1v) is 8.52. The van der Waals surface area contributed by atoms with Gasteiger partial charge in [0.15, 0.2) is 0 Å². The second-order valence-corrected chi connectivity index (χ2v) is 7.44. The molecule has 5 nitrogen and oxygen atoms in total. The predicted octanol–water partition coefficient (Wildman–Crippen LogP) is 1.51. The molecule has 0 radical (unpaired) electrons. The number of pyridine rings is 1. The third-order valence-corrected chi connectivity index (χ3v) is 6.05. The molecule has 1 aliphatic rings. The normalized spacial score (nSPS) is 20.2. The van der Waals surface area contributed by atoms with E-state index in [1.807, 2.05) is 25.1 Å². The van der Waals surface area contributed by atoms with E-state index in [9.17, 15) is 8.42 Å². The van der Waals surface area contributed by atoms with Crippen molar-refractivity contribution in [2.45, 2.75) is 18.2 Å². The lowest BCUT2D eigenvalue weighted by Crippen LogP contribution is -2.30. The van der Waals surface area contributed by atoms with Gasteiger partial charge in [-0.3, -0.25) is 4.98 Å². The summed E-state index contributed by atoms with van der Waals surface area (Å²) in [5, 5.41) is 0.883. The Balaban J connectivity index is 2.10. The smallest absolute Gasteiger partial charge is 0.245 e. The maximum Gasteiger partial charge on any atom is 0.245 e. The van der Waals surface area contributed by atoms with Gasteiger partial charge in [0.25, 0.3) is 0 Å². The van der Waals surface area contributed by atoms with Gasteiger partial charge in [-0.15, -0.1) is 0 Å². The molecular formula is C15H19N3O2S. The van der Waals surface area contributed by atoms with E-state index >= 15 is 0 Å². The van der Waals surface area contributed by atoms with Crippen molar-refractivity contribution in [2.75, 3.05) is 19.6 Å². The summed E-state index contributed by atoms with van der Waals surface area (Å²) in [4.78, 5) is 4.58. The van der Waals surface area contributed by atoms with Crippen LogP contribution in [0, 0.1) is 12.8 Å². The van der Waals surface area contributed by atoms with Crippen molar-refractivity contribution in [3.63, 3.8) is 0 Å². The number of aromatic nitrogens is 1. The van der Waals surface area contributed by atoms with E-state index in [2.05, 4.69) is 4.98 Å². The molecule has 0 aliphatic carbocycles. The van der Waals surface area contributed by atoms with E-state index in [0.29, 0.717) is 30.0 Å². The molecule has 1 fully saturated rings. The highest BCUT2D eigenvalue weighted by Gasteiger charge is 2.33. The molecule has 6 heteroatoms. The molecule has 2 heterocycles. The van der Waals surface area contributed by atoms with E-state index < -0.39 is 10.0 Å². The zero-order chi connectivity index (χ0) is 15.0. The van der Waals surface area contributed by atoms with Crippen LogP contribution in [0.2, 0.25) is 0 Å².